The van der Waals surface area contributed by atoms with E-state index in [1.165, 1.54) is 15.5 Å². The van der Waals surface area contributed by atoms with Crippen LogP contribution in [0.4, 0.5) is 10.1 Å². The molecule has 2 amide bonds. The predicted molar refractivity (Wildman–Crippen MR) is 132 cm³/mol. The highest BCUT2D eigenvalue weighted by atomic mass is 19.1. The molecule has 0 aliphatic heterocycles. The molecule has 0 spiro atoms. The van der Waals surface area contributed by atoms with Gasteiger partial charge < -0.3 is 24.5 Å². The van der Waals surface area contributed by atoms with Crippen molar-refractivity contribution in [3.63, 3.8) is 0 Å². The van der Waals surface area contributed by atoms with E-state index in [0.29, 0.717) is 29.6 Å². The monoisotopic (exact) mass is 483 g/mol. The highest BCUT2D eigenvalue weighted by Crippen LogP contribution is 2.28. The Bertz CT molecular complexity index is 1290. The number of ether oxygens (including phenoxy) is 1. The summed E-state index contributed by atoms with van der Waals surface area (Å²) in [5.41, 5.74) is 1.38. The summed E-state index contributed by atoms with van der Waals surface area (Å²) < 4.78 is 21.3. The van der Waals surface area contributed by atoms with Crippen LogP contribution in [0.5, 0.6) is 5.75 Å². The molecule has 186 valence electrons. The van der Waals surface area contributed by atoms with Crippen LogP contribution in [-0.2, 0) is 16.1 Å². The number of nitrogens with one attached hydrogen (secondary N) is 2. The van der Waals surface area contributed by atoms with Gasteiger partial charge in [0, 0.05) is 32.4 Å². The Balaban J connectivity index is 1.66. The zero-order valence-electron chi connectivity index (χ0n) is 20.3. The van der Waals surface area contributed by atoms with Gasteiger partial charge in [-0.3, -0.25) is 19.4 Å². The lowest BCUT2D eigenvalue weighted by Crippen LogP contribution is -2.25. The second kappa shape index (κ2) is 11.5. The normalized spacial score (nSPS) is 11.4. The summed E-state index contributed by atoms with van der Waals surface area (Å²) >= 11 is 0. The number of amides is 2. The van der Waals surface area contributed by atoms with Gasteiger partial charge in [0.05, 0.1) is 24.4 Å². The number of H-pyrrole nitrogens is 1. The summed E-state index contributed by atoms with van der Waals surface area (Å²) in [5, 5.41) is 2.66. The van der Waals surface area contributed by atoms with Gasteiger partial charge in [-0.15, -0.1) is 0 Å². The van der Waals surface area contributed by atoms with Crippen molar-refractivity contribution in [1.29, 1.82) is 0 Å². The molecule has 10 heteroatoms. The summed E-state index contributed by atoms with van der Waals surface area (Å²) in [6, 6.07) is 4.94. The van der Waals surface area contributed by atoms with Gasteiger partial charge in [-0.1, -0.05) is 6.08 Å². The van der Waals surface area contributed by atoms with Crippen molar-refractivity contribution < 1.29 is 18.7 Å². The average molecular weight is 484 g/mol. The first-order valence-electron chi connectivity index (χ1n) is 11.4. The third kappa shape index (κ3) is 6.78. The molecule has 3 aromatic rings. The standard InChI is InChI=1S/C25H30FN5O4/c1-16(2)35-24-18(26)14-27-20-13-17(28-23(20)24)15-31-12-8-9-19(25(31)34)29-21(32)10-6-5-7-11-22(33)30(3)4/h7-9,11-14,16,28H,5-6,10,15H2,1-4H3,(H,29,32)/b11-7+. The minimum atomic E-state index is -0.568. The number of rotatable bonds is 10. The van der Waals surface area contributed by atoms with E-state index < -0.39 is 5.82 Å². The second-order valence-electron chi connectivity index (χ2n) is 8.59. The number of carbonyl (C=O) groups is 2. The average Bonchev–Trinajstić information content (AvgIpc) is 3.20. The molecule has 0 aliphatic carbocycles. The molecule has 35 heavy (non-hydrogen) atoms. The Morgan fingerprint density at radius 3 is 2.83 bits per heavy atom. The van der Waals surface area contributed by atoms with Gasteiger partial charge in [-0.2, -0.15) is 0 Å². The molecule has 9 nitrogen and oxygen atoms in total. The Morgan fingerprint density at radius 1 is 1.34 bits per heavy atom. The van der Waals surface area contributed by atoms with Crippen molar-refractivity contribution in [2.24, 2.45) is 0 Å². The van der Waals surface area contributed by atoms with Gasteiger partial charge in [-0.25, -0.2) is 4.39 Å². The van der Waals surface area contributed by atoms with Crippen LogP contribution >= 0.6 is 0 Å². The number of halogens is 1. The van der Waals surface area contributed by atoms with Crippen molar-refractivity contribution in [2.75, 3.05) is 19.4 Å². The number of unbranched alkanes of at least 4 members (excludes halogenated alkanes) is 1. The van der Waals surface area contributed by atoms with Gasteiger partial charge in [0.2, 0.25) is 11.8 Å². The van der Waals surface area contributed by atoms with Crippen LogP contribution in [0.3, 0.4) is 0 Å². The number of hydrogen-bond donors (Lipinski definition) is 2. The molecule has 0 unspecified atom stereocenters. The van der Waals surface area contributed by atoms with Gasteiger partial charge in [0.25, 0.3) is 5.56 Å². The van der Waals surface area contributed by atoms with Gasteiger partial charge in [0.1, 0.15) is 11.2 Å². The molecule has 0 aromatic carbocycles. The number of fused-ring (bicyclic) bond motifs is 1. The van der Waals surface area contributed by atoms with Crippen LogP contribution in [0, 0.1) is 5.82 Å². The Hall–Kier alpha value is -3.95. The summed E-state index contributed by atoms with van der Waals surface area (Å²) in [4.78, 5) is 45.3. The lowest BCUT2D eigenvalue weighted by Gasteiger charge is -2.11. The molecule has 0 saturated carbocycles. The predicted octanol–water partition coefficient (Wildman–Crippen LogP) is 3.45. The SMILES string of the molecule is CC(C)Oc1c(F)cnc2cc(Cn3cccc(NC(=O)CCC/C=C/C(=O)N(C)C)c3=O)[nH]c12. The molecular weight excluding hydrogens is 453 g/mol. The number of aromatic amines is 1. The summed E-state index contributed by atoms with van der Waals surface area (Å²) in [6.07, 6.45) is 7.02. The highest BCUT2D eigenvalue weighted by Gasteiger charge is 2.15. The zero-order chi connectivity index (χ0) is 25.5. The maximum atomic E-state index is 14.2. The fourth-order valence-corrected chi connectivity index (χ4v) is 3.38. The maximum Gasteiger partial charge on any atom is 0.274 e. The maximum absolute atomic E-state index is 14.2. The van der Waals surface area contributed by atoms with E-state index in [2.05, 4.69) is 15.3 Å². The number of hydrogen-bond acceptors (Lipinski definition) is 5. The molecule has 3 aromatic heterocycles. The largest absolute Gasteiger partial charge is 0.486 e. The molecular formula is C25H30FN5O4. The highest BCUT2D eigenvalue weighted by molar-refractivity contribution is 5.90. The minimum Gasteiger partial charge on any atom is -0.486 e. The topological polar surface area (TPSA) is 109 Å². The van der Waals surface area contributed by atoms with Crippen LogP contribution in [0.2, 0.25) is 0 Å². The smallest absolute Gasteiger partial charge is 0.274 e. The quantitative estimate of drug-likeness (QED) is 0.339. The number of aromatic nitrogens is 3. The number of nitrogens with zero attached hydrogens (tertiary/aromatic N) is 3. The molecule has 2 N–H and O–H groups in total. The van der Waals surface area contributed by atoms with E-state index in [4.69, 9.17) is 4.74 Å². The fourth-order valence-electron chi connectivity index (χ4n) is 3.38. The van der Waals surface area contributed by atoms with Crippen molar-refractivity contribution in [3.8, 4) is 5.75 Å². The van der Waals surface area contributed by atoms with Crippen LogP contribution in [0.1, 0.15) is 38.8 Å². The van der Waals surface area contributed by atoms with E-state index in [0.717, 1.165) is 6.20 Å². The van der Waals surface area contributed by atoms with Crippen molar-refractivity contribution in [2.45, 2.75) is 45.8 Å². The van der Waals surface area contributed by atoms with Gasteiger partial charge >= 0.3 is 0 Å². The molecule has 3 rings (SSSR count). The van der Waals surface area contributed by atoms with E-state index in [1.54, 1.807) is 58.4 Å². The first kappa shape index (κ1) is 25.7. The van der Waals surface area contributed by atoms with E-state index in [-0.39, 0.29) is 47.9 Å². The van der Waals surface area contributed by atoms with Crippen LogP contribution < -0.4 is 15.6 Å². The molecule has 0 bridgehead atoms. The Morgan fingerprint density at radius 2 is 2.11 bits per heavy atom. The van der Waals surface area contributed by atoms with Crippen molar-refractivity contribution in [1.82, 2.24) is 19.4 Å². The summed E-state index contributed by atoms with van der Waals surface area (Å²) in [6.45, 7) is 3.78. The number of allylic oxidation sites excluding steroid dienone is 1. The summed E-state index contributed by atoms with van der Waals surface area (Å²) in [5.74, 6) is -0.876. The van der Waals surface area contributed by atoms with E-state index >= 15 is 0 Å². The molecule has 0 aliphatic rings. The third-order valence-corrected chi connectivity index (χ3v) is 5.08. The number of likely N-dealkylation sites (N-methyl/N-ethyl adjacent to an activating group) is 1. The lowest BCUT2D eigenvalue weighted by atomic mass is 10.2. The van der Waals surface area contributed by atoms with E-state index in [1.807, 2.05) is 0 Å². The molecule has 0 saturated heterocycles. The van der Waals surface area contributed by atoms with E-state index in [9.17, 15) is 18.8 Å². The van der Waals surface area contributed by atoms with Gasteiger partial charge in [-0.05, 0) is 51.0 Å². The number of carbonyl (C=O) groups excluding carboxylic acids is 2. The Kier molecular flexibility index (Phi) is 8.40. The zero-order valence-corrected chi connectivity index (χ0v) is 20.3. The molecule has 0 fully saturated rings. The summed E-state index contributed by atoms with van der Waals surface area (Å²) in [7, 11) is 3.33. The first-order chi connectivity index (χ1) is 16.7. The van der Waals surface area contributed by atoms with Gasteiger partial charge in [0.15, 0.2) is 11.6 Å². The fraction of sp³-hybridized carbons (Fsp3) is 0.360. The number of anilines is 1. The van der Waals surface area contributed by atoms with Crippen LogP contribution in [0.15, 0.2) is 47.5 Å². The lowest BCUT2D eigenvalue weighted by molar-refractivity contribution is -0.123. The molecule has 3 heterocycles. The van der Waals surface area contributed by atoms with Crippen molar-refractivity contribution in [3.05, 3.63) is 64.6 Å². The molecule has 0 radical (unpaired) electrons. The molecule has 0 atom stereocenters. The second-order valence-corrected chi connectivity index (χ2v) is 8.59. The number of pyridine rings is 2. The Labute approximate surface area is 202 Å². The third-order valence-electron chi connectivity index (χ3n) is 5.08. The van der Waals surface area contributed by atoms with Crippen LogP contribution in [0.25, 0.3) is 11.0 Å². The van der Waals surface area contributed by atoms with Crippen molar-refractivity contribution >= 4 is 28.5 Å². The minimum absolute atomic E-state index is 0.0885. The first-order valence-corrected chi connectivity index (χ1v) is 11.4. The van der Waals surface area contributed by atoms with Crippen LogP contribution in [-0.4, -0.2) is 51.4 Å².